The molecular formula is C13H14ClNOS. The van der Waals surface area contributed by atoms with E-state index < -0.39 is 0 Å². The fraction of sp³-hybridized carbons (Fsp3) is 0.308. The minimum atomic E-state index is 0.583. The summed E-state index contributed by atoms with van der Waals surface area (Å²) in [4.78, 5) is 5.59. The summed E-state index contributed by atoms with van der Waals surface area (Å²) in [6.45, 7) is 4.15. The first-order valence-electron chi connectivity index (χ1n) is 5.46. The van der Waals surface area contributed by atoms with Gasteiger partial charge >= 0.3 is 0 Å². The van der Waals surface area contributed by atoms with E-state index in [1.165, 1.54) is 21.8 Å². The first-order chi connectivity index (χ1) is 8.15. The van der Waals surface area contributed by atoms with Gasteiger partial charge in [-0.3, -0.25) is 0 Å². The van der Waals surface area contributed by atoms with Crippen molar-refractivity contribution in [3.05, 3.63) is 33.1 Å². The van der Waals surface area contributed by atoms with E-state index in [0.717, 1.165) is 23.4 Å². The lowest BCUT2D eigenvalue weighted by atomic mass is 10.1. The van der Waals surface area contributed by atoms with Gasteiger partial charge in [-0.2, -0.15) is 0 Å². The van der Waals surface area contributed by atoms with Crippen molar-refractivity contribution in [3.63, 3.8) is 0 Å². The number of hydrogen-bond donors (Lipinski definition) is 0. The van der Waals surface area contributed by atoms with Crippen LogP contribution in [0.2, 0.25) is 4.47 Å². The molecule has 0 spiro atoms. The Hall–Kier alpha value is -1.06. The van der Waals surface area contributed by atoms with Gasteiger partial charge in [0.15, 0.2) is 4.47 Å². The molecule has 0 aliphatic heterocycles. The molecule has 0 amide bonds. The van der Waals surface area contributed by atoms with Crippen molar-refractivity contribution in [2.24, 2.45) is 0 Å². The third-order valence-corrected chi connectivity index (χ3v) is 3.91. The SMILES string of the molecule is CCc1sc(Cl)nc1-c1ccc(C)cc1OC. The van der Waals surface area contributed by atoms with Crippen molar-refractivity contribution < 1.29 is 4.74 Å². The van der Waals surface area contributed by atoms with Gasteiger partial charge in [-0.05, 0) is 31.0 Å². The number of thiazole rings is 1. The molecule has 2 aromatic rings. The van der Waals surface area contributed by atoms with Gasteiger partial charge in [-0.1, -0.05) is 24.6 Å². The number of benzene rings is 1. The van der Waals surface area contributed by atoms with Crippen LogP contribution < -0.4 is 4.74 Å². The summed E-state index contributed by atoms with van der Waals surface area (Å²) < 4.78 is 5.99. The summed E-state index contributed by atoms with van der Waals surface area (Å²) in [5.74, 6) is 0.849. The van der Waals surface area contributed by atoms with E-state index in [9.17, 15) is 0 Å². The first kappa shape index (κ1) is 12.4. The van der Waals surface area contributed by atoms with Crippen molar-refractivity contribution >= 4 is 22.9 Å². The maximum absolute atomic E-state index is 5.99. The minimum Gasteiger partial charge on any atom is -0.496 e. The number of aromatic nitrogens is 1. The van der Waals surface area contributed by atoms with Crippen molar-refractivity contribution in [3.8, 4) is 17.0 Å². The zero-order chi connectivity index (χ0) is 12.4. The summed E-state index contributed by atoms with van der Waals surface area (Å²) in [5.41, 5.74) is 3.13. The number of halogens is 1. The second kappa shape index (κ2) is 5.07. The van der Waals surface area contributed by atoms with E-state index in [2.05, 4.69) is 18.0 Å². The summed E-state index contributed by atoms with van der Waals surface area (Å²) in [7, 11) is 1.68. The molecule has 1 aromatic heterocycles. The van der Waals surface area contributed by atoms with Gasteiger partial charge in [0, 0.05) is 10.4 Å². The summed E-state index contributed by atoms with van der Waals surface area (Å²) in [6.07, 6.45) is 0.927. The number of aryl methyl sites for hydroxylation is 2. The quantitative estimate of drug-likeness (QED) is 0.825. The van der Waals surface area contributed by atoms with Crippen LogP contribution in [0.5, 0.6) is 5.75 Å². The highest BCUT2D eigenvalue weighted by molar-refractivity contribution is 7.16. The lowest BCUT2D eigenvalue weighted by Crippen LogP contribution is -1.91. The Morgan fingerprint density at radius 3 is 2.82 bits per heavy atom. The highest BCUT2D eigenvalue weighted by atomic mass is 35.5. The fourth-order valence-corrected chi connectivity index (χ4v) is 2.87. The van der Waals surface area contributed by atoms with Crippen LogP contribution in [0.3, 0.4) is 0 Å². The molecule has 0 bridgehead atoms. The van der Waals surface area contributed by atoms with Crippen LogP contribution in [0.1, 0.15) is 17.4 Å². The van der Waals surface area contributed by atoms with E-state index in [-0.39, 0.29) is 0 Å². The molecule has 0 saturated heterocycles. The van der Waals surface area contributed by atoms with E-state index >= 15 is 0 Å². The molecule has 0 N–H and O–H groups in total. The smallest absolute Gasteiger partial charge is 0.184 e. The van der Waals surface area contributed by atoms with Crippen LogP contribution in [0.4, 0.5) is 0 Å². The molecule has 1 aromatic carbocycles. The van der Waals surface area contributed by atoms with Crippen molar-refractivity contribution in [1.82, 2.24) is 4.98 Å². The topological polar surface area (TPSA) is 22.1 Å². The summed E-state index contributed by atoms with van der Waals surface area (Å²) >= 11 is 7.52. The molecule has 0 atom stereocenters. The molecule has 2 rings (SSSR count). The zero-order valence-electron chi connectivity index (χ0n) is 10.1. The maximum Gasteiger partial charge on any atom is 0.184 e. The number of nitrogens with zero attached hydrogens (tertiary/aromatic N) is 1. The van der Waals surface area contributed by atoms with Gasteiger partial charge in [-0.25, -0.2) is 4.98 Å². The zero-order valence-corrected chi connectivity index (χ0v) is 11.7. The van der Waals surface area contributed by atoms with Crippen LogP contribution in [-0.4, -0.2) is 12.1 Å². The Balaban J connectivity index is 2.59. The predicted molar refractivity (Wildman–Crippen MR) is 73.2 cm³/mol. The second-order valence-corrected chi connectivity index (χ2v) is 5.46. The van der Waals surface area contributed by atoms with Gasteiger partial charge in [0.1, 0.15) is 5.75 Å². The van der Waals surface area contributed by atoms with E-state index in [1.807, 2.05) is 19.1 Å². The average Bonchev–Trinajstić information content (AvgIpc) is 2.70. The molecular weight excluding hydrogens is 254 g/mol. The lowest BCUT2D eigenvalue weighted by molar-refractivity contribution is 0.416. The van der Waals surface area contributed by atoms with Crippen molar-refractivity contribution in [2.45, 2.75) is 20.3 Å². The van der Waals surface area contributed by atoms with Crippen molar-refractivity contribution in [2.75, 3.05) is 7.11 Å². The van der Waals surface area contributed by atoms with Crippen LogP contribution in [0.25, 0.3) is 11.3 Å². The molecule has 0 unspecified atom stereocenters. The van der Waals surface area contributed by atoms with Gasteiger partial charge in [0.2, 0.25) is 0 Å². The van der Waals surface area contributed by atoms with Gasteiger partial charge in [0.05, 0.1) is 12.8 Å². The number of rotatable bonds is 3. The third-order valence-electron chi connectivity index (χ3n) is 2.60. The van der Waals surface area contributed by atoms with Crippen LogP contribution in [0, 0.1) is 6.92 Å². The summed E-state index contributed by atoms with van der Waals surface area (Å²) in [6, 6.07) is 6.12. The molecule has 0 saturated carbocycles. The normalized spacial score (nSPS) is 10.6. The molecule has 0 aliphatic rings. The molecule has 0 aliphatic carbocycles. The Morgan fingerprint density at radius 2 is 2.18 bits per heavy atom. The molecule has 17 heavy (non-hydrogen) atoms. The van der Waals surface area contributed by atoms with Crippen molar-refractivity contribution in [1.29, 1.82) is 0 Å². The van der Waals surface area contributed by atoms with Crippen LogP contribution in [-0.2, 0) is 6.42 Å². The predicted octanol–water partition coefficient (Wildman–Crippen LogP) is 4.34. The molecule has 1 heterocycles. The maximum atomic E-state index is 5.99. The molecule has 0 radical (unpaired) electrons. The number of methoxy groups -OCH3 is 1. The van der Waals surface area contributed by atoms with Gasteiger partial charge < -0.3 is 4.74 Å². The Morgan fingerprint density at radius 1 is 1.41 bits per heavy atom. The van der Waals surface area contributed by atoms with Crippen LogP contribution >= 0.6 is 22.9 Å². The van der Waals surface area contributed by atoms with E-state index in [0.29, 0.717) is 4.47 Å². The second-order valence-electron chi connectivity index (χ2n) is 3.80. The first-order valence-corrected chi connectivity index (χ1v) is 6.65. The van der Waals surface area contributed by atoms with Gasteiger partial charge in [0.25, 0.3) is 0 Å². The largest absolute Gasteiger partial charge is 0.496 e. The molecule has 0 fully saturated rings. The molecule has 2 nitrogen and oxygen atoms in total. The highest BCUT2D eigenvalue weighted by Gasteiger charge is 2.14. The Labute approximate surface area is 110 Å². The Kier molecular flexibility index (Phi) is 3.69. The van der Waals surface area contributed by atoms with E-state index in [1.54, 1.807) is 7.11 Å². The fourth-order valence-electron chi connectivity index (χ4n) is 1.77. The van der Waals surface area contributed by atoms with Gasteiger partial charge in [-0.15, -0.1) is 11.3 Å². The lowest BCUT2D eigenvalue weighted by Gasteiger charge is -2.08. The third kappa shape index (κ3) is 2.45. The monoisotopic (exact) mass is 267 g/mol. The average molecular weight is 268 g/mol. The number of hydrogen-bond acceptors (Lipinski definition) is 3. The summed E-state index contributed by atoms with van der Waals surface area (Å²) in [5, 5.41) is 0. The van der Waals surface area contributed by atoms with Crippen LogP contribution in [0.15, 0.2) is 18.2 Å². The van der Waals surface area contributed by atoms with E-state index in [4.69, 9.17) is 16.3 Å². The minimum absolute atomic E-state index is 0.583. The molecule has 4 heteroatoms. The standard InChI is InChI=1S/C13H14ClNOS/c1-4-11-12(15-13(14)17-11)9-6-5-8(2)7-10(9)16-3/h5-7H,4H2,1-3H3. The Bertz CT molecular complexity index is 536. The highest BCUT2D eigenvalue weighted by Crippen LogP contribution is 2.36. The number of ether oxygens (including phenoxy) is 1. The molecule has 90 valence electrons.